The molecule has 6 heteroatoms. The minimum Gasteiger partial charge on any atom is -0.331 e. The first-order valence-corrected chi connectivity index (χ1v) is 11.8. The number of carbonyl (C=O) groups is 2. The fraction of sp³-hybridized carbons (Fsp3) is 0.577. The largest absolute Gasteiger partial charge is 0.331 e. The summed E-state index contributed by atoms with van der Waals surface area (Å²) in [5.41, 5.74) is 2.77. The molecule has 0 aliphatic heterocycles. The number of carbonyl (C=O) groups excluding carboxylic acids is 2. The first kappa shape index (κ1) is 25.6. The van der Waals surface area contributed by atoms with Crippen LogP contribution in [0.4, 0.5) is 5.82 Å². The summed E-state index contributed by atoms with van der Waals surface area (Å²) in [4.78, 5) is 27.3. The third-order valence-electron chi connectivity index (χ3n) is 5.53. The van der Waals surface area contributed by atoms with Crippen molar-refractivity contribution in [2.24, 2.45) is 0 Å². The van der Waals surface area contributed by atoms with Gasteiger partial charge in [0.2, 0.25) is 11.8 Å². The average molecular weight is 441 g/mol. The molecule has 0 fully saturated rings. The first-order chi connectivity index (χ1) is 15.0. The second-order valence-corrected chi connectivity index (χ2v) is 9.89. The zero-order valence-electron chi connectivity index (χ0n) is 20.9. The predicted molar refractivity (Wildman–Crippen MR) is 131 cm³/mol. The number of amides is 2. The first-order valence-electron chi connectivity index (χ1n) is 11.8. The van der Waals surface area contributed by atoms with Crippen LogP contribution < -0.4 is 5.32 Å². The fourth-order valence-electron chi connectivity index (χ4n) is 3.46. The summed E-state index contributed by atoms with van der Waals surface area (Å²) in [6, 6.07) is 9.92. The summed E-state index contributed by atoms with van der Waals surface area (Å²) < 4.78 is 1.77. The van der Waals surface area contributed by atoms with Gasteiger partial charge in [0.15, 0.2) is 0 Å². The summed E-state index contributed by atoms with van der Waals surface area (Å²) >= 11 is 0. The Morgan fingerprint density at radius 3 is 2.31 bits per heavy atom. The lowest BCUT2D eigenvalue weighted by molar-refractivity contribution is -0.136. The summed E-state index contributed by atoms with van der Waals surface area (Å²) in [6.45, 7) is 14.4. The molecule has 0 radical (unpaired) electrons. The molecule has 0 aliphatic carbocycles. The number of unbranched alkanes of at least 4 members (excludes halogenated alkanes) is 3. The van der Waals surface area contributed by atoms with E-state index in [9.17, 15) is 9.59 Å². The molecular formula is C26H40N4O2. The van der Waals surface area contributed by atoms with Crippen LogP contribution in [0, 0.1) is 6.92 Å². The van der Waals surface area contributed by atoms with Gasteiger partial charge in [-0.05, 0) is 39.3 Å². The van der Waals surface area contributed by atoms with Crippen LogP contribution in [-0.4, -0.2) is 39.1 Å². The molecule has 0 bridgehead atoms. The Balaban J connectivity index is 2.19. The van der Waals surface area contributed by atoms with E-state index in [1.807, 2.05) is 51.1 Å². The molecule has 2 aromatic rings. The summed E-state index contributed by atoms with van der Waals surface area (Å²) in [6.07, 6.45) is 4.67. The Morgan fingerprint density at radius 2 is 1.75 bits per heavy atom. The number of nitrogens with zero attached hydrogens (tertiary/aromatic N) is 3. The number of hydrogen-bond acceptors (Lipinski definition) is 3. The SMILES string of the molecule is CCCCCCC(=O)N(CC(=O)Nc1cc(C(C)(C)C)nn1-c1ccc(C)cc1)C(C)C. The molecule has 1 aromatic heterocycles. The van der Waals surface area contributed by atoms with Crippen LogP contribution in [0.15, 0.2) is 30.3 Å². The zero-order valence-corrected chi connectivity index (χ0v) is 20.9. The van der Waals surface area contributed by atoms with E-state index in [0.29, 0.717) is 12.2 Å². The van der Waals surface area contributed by atoms with Gasteiger partial charge < -0.3 is 10.2 Å². The topological polar surface area (TPSA) is 67.2 Å². The molecular weight excluding hydrogens is 400 g/mol. The molecule has 2 rings (SSSR count). The van der Waals surface area contributed by atoms with Crippen LogP contribution in [0.25, 0.3) is 5.69 Å². The molecule has 0 saturated heterocycles. The van der Waals surface area contributed by atoms with E-state index in [1.165, 1.54) is 0 Å². The average Bonchev–Trinajstić information content (AvgIpc) is 3.13. The Labute approximate surface area is 193 Å². The monoisotopic (exact) mass is 440 g/mol. The Hall–Kier alpha value is -2.63. The van der Waals surface area contributed by atoms with E-state index in [-0.39, 0.29) is 29.8 Å². The van der Waals surface area contributed by atoms with Crippen molar-refractivity contribution in [3.63, 3.8) is 0 Å². The Kier molecular flexibility index (Phi) is 9.05. The fourth-order valence-corrected chi connectivity index (χ4v) is 3.46. The molecule has 6 nitrogen and oxygen atoms in total. The number of hydrogen-bond donors (Lipinski definition) is 1. The number of rotatable bonds is 10. The summed E-state index contributed by atoms with van der Waals surface area (Å²) in [7, 11) is 0. The van der Waals surface area contributed by atoms with Crippen LogP contribution >= 0.6 is 0 Å². The molecule has 0 aliphatic rings. The van der Waals surface area contributed by atoms with Gasteiger partial charge in [-0.2, -0.15) is 5.10 Å². The quantitative estimate of drug-likeness (QED) is 0.487. The van der Waals surface area contributed by atoms with Crippen molar-refractivity contribution in [2.45, 2.75) is 92.0 Å². The molecule has 0 spiro atoms. The lowest BCUT2D eigenvalue weighted by Crippen LogP contribution is -2.42. The number of nitrogens with one attached hydrogen (secondary N) is 1. The van der Waals surface area contributed by atoms with Crippen molar-refractivity contribution >= 4 is 17.6 Å². The number of aryl methyl sites for hydroxylation is 1. The minimum absolute atomic E-state index is 0.0356. The highest BCUT2D eigenvalue weighted by Crippen LogP contribution is 2.26. The number of aromatic nitrogens is 2. The highest BCUT2D eigenvalue weighted by molar-refractivity contribution is 5.94. The second kappa shape index (κ2) is 11.3. The van der Waals surface area contributed by atoms with E-state index in [4.69, 9.17) is 5.10 Å². The molecule has 0 saturated carbocycles. The van der Waals surface area contributed by atoms with Crippen molar-refractivity contribution in [1.82, 2.24) is 14.7 Å². The maximum Gasteiger partial charge on any atom is 0.245 e. The van der Waals surface area contributed by atoms with Gasteiger partial charge in [0, 0.05) is 23.9 Å². The minimum atomic E-state index is -0.214. The number of benzene rings is 1. The van der Waals surface area contributed by atoms with Gasteiger partial charge in [-0.1, -0.05) is 64.7 Å². The molecule has 32 heavy (non-hydrogen) atoms. The van der Waals surface area contributed by atoms with E-state index < -0.39 is 0 Å². The standard InChI is InChI=1S/C26H40N4O2/c1-8-9-10-11-12-25(32)29(19(2)3)18-24(31)27-23-17-22(26(5,6)7)28-30(23)21-15-13-20(4)14-16-21/h13-17,19H,8-12,18H2,1-7H3,(H,27,31). The van der Waals surface area contributed by atoms with Crippen molar-refractivity contribution in [1.29, 1.82) is 0 Å². The van der Waals surface area contributed by atoms with Crippen LogP contribution in [-0.2, 0) is 15.0 Å². The maximum absolute atomic E-state index is 13.0. The highest BCUT2D eigenvalue weighted by atomic mass is 16.2. The van der Waals surface area contributed by atoms with E-state index in [0.717, 1.165) is 42.6 Å². The van der Waals surface area contributed by atoms with E-state index in [1.54, 1.807) is 9.58 Å². The number of anilines is 1. The van der Waals surface area contributed by atoms with Gasteiger partial charge in [-0.25, -0.2) is 4.68 Å². The molecule has 1 N–H and O–H groups in total. The van der Waals surface area contributed by atoms with Gasteiger partial charge >= 0.3 is 0 Å². The molecule has 0 atom stereocenters. The van der Waals surface area contributed by atoms with Crippen molar-refractivity contribution in [2.75, 3.05) is 11.9 Å². The van der Waals surface area contributed by atoms with Gasteiger partial charge in [0.05, 0.1) is 11.4 Å². The molecule has 0 unspecified atom stereocenters. The lowest BCUT2D eigenvalue weighted by atomic mass is 9.92. The lowest BCUT2D eigenvalue weighted by Gasteiger charge is -2.26. The van der Waals surface area contributed by atoms with E-state index in [2.05, 4.69) is 33.0 Å². The van der Waals surface area contributed by atoms with Crippen LogP contribution in [0.5, 0.6) is 0 Å². The van der Waals surface area contributed by atoms with Crippen molar-refractivity contribution in [3.05, 3.63) is 41.6 Å². The normalized spacial score (nSPS) is 11.6. The smallest absolute Gasteiger partial charge is 0.245 e. The second-order valence-electron chi connectivity index (χ2n) is 9.89. The third-order valence-corrected chi connectivity index (χ3v) is 5.53. The van der Waals surface area contributed by atoms with Crippen molar-refractivity contribution in [3.8, 4) is 5.69 Å². The van der Waals surface area contributed by atoms with E-state index >= 15 is 0 Å². The molecule has 1 heterocycles. The van der Waals surface area contributed by atoms with Gasteiger partial charge in [-0.3, -0.25) is 9.59 Å². The molecule has 1 aromatic carbocycles. The maximum atomic E-state index is 13.0. The van der Waals surface area contributed by atoms with Gasteiger partial charge in [0.25, 0.3) is 0 Å². The van der Waals surface area contributed by atoms with Gasteiger partial charge in [-0.15, -0.1) is 0 Å². The van der Waals surface area contributed by atoms with Crippen molar-refractivity contribution < 1.29 is 9.59 Å². The van der Waals surface area contributed by atoms with Crippen LogP contribution in [0.3, 0.4) is 0 Å². The Morgan fingerprint density at radius 1 is 1.09 bits per heavy atom. The Bertz CT molecular complexity index is 892. The molecule has 176 valence electrons. The third kappa shape index (κ3) is 7.21. The van der Waals surface area contributed by atoms with Crippen LogP contribution in [0.2, 0.25) is 0 Å². The predicted octanol–water partition coefficient (Wildman–Crippen LogP) is 5.62. The molecule has 2 amide bonds. The van der Waals surface area contributed by atoms with Crippen LogP contribution in [0.1, 0.15) is 84.9 Å². The summed E-state index contributed by atoms with van der Waals surface area (Å²) in [5.74, 6) is 0.436. The highest BCUT2D eigenvalue weighted by Gasteiger charge is 2.24. The summed E-state index contributed by atoms with van der Waals surface area (Å²) in [5, 5.41) is 7.76. The zero-order chi connectivity index (χ0) is 23.9. The van der Waals surface area contributed by atoms with Gasteiger partial charge in [0.1, 0.15) is 12.4 Å².